The van der Waals surface area contributed by atoms with Gasteiger partial charge in [0.2, 0.25) is 0 Å². The lowest BCUT2D eigenvalue weighted by molar-refractivity contribution is 0.657. The maximum absolute atomic E-state index is 5.19. The molecule has 0 atom stereocenters. The normalized spacial score (nSPS) is 9.93. The molecule has 0 aliphatic rings. The van der Waals surface area contributed by atoms with Gasteiger partial charge in [0, 0.05) is 13.0 Å². The van der Waals surface area contributed by atoms with Crippen LogP contribution in [0, 0.1) is 26.2 Å². The van der Waals surface area contributed by atoms with Gasteiger partial charge < -0.3 is 5.32 Å². The standard InChI is InChI=1S/C14H19N/c1-4-5-6-10-15-11-14-9-7-8-12(2)13(14)3/h1,7-9,15H,5-6,10-11H2,2-3H3. The van der Waals surface area contributed by atoms with Gasteiger partial charge in [-0.1, -0.05) is 18.2 Å². The van der Waals surface area contributed by atoms with Crippen LogP contribution in [0.4, 0.5) is 0 Å². The molecule has 0 amide bonds. The van der Waals surface area contributed by atoms with Crippen molar-refractivity contribution in [2.45, 2.75) is 33.2 Å². The van der Waals surface area contributed by atoms with Crippen molar-refractivity contribution in [2.75, 3.05) is 6.54 Å². The molecule has 0 aliphatic carbocycles. The summed E-state index contributed by atoms with van der Waals surface area (Å²) >= 11 is 0. The van der Waals surface area contributed by atoms with E-state index in [1.165, 1.54) is 16.7 Å². The van der Waals surface area contributed by atoms with Gasteiger partial charge in [-0.15, -0.1) is 12.3 Å². The second-order valence-electron chi connectivity index (χ2n) is 3.84. The zero-order valence-corrected chi connectivity index (χ0v) is 9.64. The molecule has 0 bridgehead atoms. The Hall–Kier alpha value is -1.26. The van der Waals surface area contributed by atoms with Crippen LogP contribution in [-0.4, -0.2) is 6.54 Å². The van der Waals surface area contributed by atoms with E-state index in [1.54, 1.807) is 0 Å². The van der Waals surface area contributed by atoms with E-state index in [4.69, 9.17) is 6.42 Å². The van der Waals surface area contributed by atoms with Gasteiger partial charge in [-0.2, -0.15) is 0 Å². The molecule has 1 N–H and O–H groups in total. The third kappa shape index (κ3) is 3.77. The third-order valence-corrected chi connectivity index (χ3v) is 2.71. The van der Waals surface area contributed by atoms with Crippen LogP contribution in [-0.2, 0) is 6.54 Å². The highest BCUT2D eigenvalue weighted by atomic mass is 14.8. The molecule has 0 unspecified atom stereocenters. The topological polar surface area (TPSA) is 12.0 Å². The van der Waals surface area contributed by atoms with Crippen LogP contribution in [0.1, 0.15) is 29.5 Å². The number of terminal acetylenes is 1. The molecule has 80 valence electrons. The quantitative estimate of drug-likeness (QED) is 0.570. The van der Waals surface area contributed by atoms with Crippen molar-refractivity contribution in [1.82, 2.24) is 5.32 Å². The molecule has 1 aromatic rings. The zero-order chi connectivity index (χ0) is 11.1. The largest absolute Gasteiger partial charge is 0.313 e. The highest BCUT2D eigenvalue weighted by Crippen LogP contribution is 2.12. The van der Waals surface area contributed by atoms with Crippen LogP contribution >= 0.6 is 0 Å². The highest BCUT2D eigenvalue weighted by molar-refractivity contribution is 5.32. The molecule has 0 aromatic heterocycles. The fourth-order valence-corrected chi connectivity index (χ4v) is 1.54. The summed E-state index contributed by atoms with van der Waals surface area (Å²) < 4.78 is 0. The van der Waals surface area contributed by atoms with E-state index in [2.05, 4.69) is 43.3 Å². The minimum Gasteiger partial charge on any atom is -0.313 e. The maximum atomic E-state index is 5.19. The van der Waals surface area contributed by atoms with Crippen LogP contribution in [0.5, 0.6) is 0 Å². The Morgan fingerprint density at radius 3 is 2.87 bits per heavy atom. The average molecular weight is 201 g/mol. The van der Waals surface area contributed by atoms with E-state index in [1.807, 2.05) is 0 Å². The molecule has 1 heteroatoms. The maximum Gasteiger partial charge on any atom is 0.0208 e. The van der Waals surface area contributed by atoms with E-state index in [0.29, 0.717) is 0 Å². The van der Waals surface area contributed by atoms with Crippen LogP contribution in [0.15, 0.2) is 18.2 Å². The summed E-state index contributed by atoms with van der Waals surface area (Å²) in [5.74, 6) is 2.65. The van der Waals surface area contributed by atoms with E-state index in [9.17, 15) is 0 Å². The first-order valence-corrected chi connectivity index (χ1v) is 5.45. The van der Waals surface area contributed by atoms with Crippen molar-refractivity contribution < 1.29 is 0 Å². The molecule has 0 aliphatic heterocycles. The number of hydrogen-bond donors (Lipinski definition) is 1. The van der Waals surface area contributed by atoms with Crippen LogP contribution in [0.25, 0.3) is 0 Å². The molecule has 0 saturated heterocycles. The number of unbranched alkanes of at least 4 members (excludes halogenated alkanes) is 1. The molecule has 1 rings (SSSR count). The van der Waals surface area contributed by atoms with Gasteiger partial charge in [0.05, 0.1) is 0 Å². The van der Waals surface area contributed by atoms with Gasteiger partial charge >= 0.3 is 0 Å². The second-order valence-corrected chi connectivity index (χ2v) is 3.84. The van der Waals surface area contributed by atoms with Crippen molar-refractivity contribution in [3.63, 3.8) is 0 Å². The molecule has 1 aromatic carbocycles. The van der Waals surface area contributed by atoms with Gasteiger partial charge in [0.1, 0.15) is 0 Å². The SMILES string of the molecule is C#CCCCNCc1cccc(C)c1C. The highest BCUT2D eigenvalue weighted by Gasteiger charge is 1.99. The fraction of sp³-hybridized carbons (Fsp3) is 0.429. The van der Waals surface area contributed by atoms with Gasteiger partial charge in [-0.3, -0.25) is 0 Å². The van der Waals surface area contributed by atoms with Crippen molar-refractivity contribution in [3.8, 4) is 12.3 Å². The number of benzene rings is 1. The first-order valence-electron chi connectivity index (χ1n) is 5.45. The molecule has 0 spiro atoms. The Bertz CT molecular complexity index is 347. The van der Waals surface area contributed by atoms with E-state index < -0.39 is 0 Å². The van der Waals surface area contributed by atoms with Crippen LogP contribution in [0.2, 0.25) is 0 Å². The van der Waals surface area contributed by atoms with E-state index in [0.717, 1.165) is 25.9 Å². The number of aryl methyl sites for hydroxylation is 1. The average Bonchev–Trinajstić information content (AvgIpc) is 2.24. The van der Waals surface area contributed by atoms with Crippen molar-refractivity contribution in [1.29, 1.82) is 0 Å². The molecular weight excluding hydrogens is 182 g/mol. The molecule has 15 heavy (non-hydrogen) atoms. The Morgan fingerprint density at radius 2 is 2.13 bits per heavy atom. The molecule has 0 heterocycles. The summed E-state index contributed by atoms with van der Waals surface area (Å²) in [7, 11) is 0. The second kappa shape index (κ2) is 6.27. The van der Waals surface area contributed by atoms with Crippen LogP contribution < -0.4 is 5.32 Å². The Labute approximate surface area is 92.9 Å². The summed E-state index contributed by atoms with van der Waals surface area (Å²) in [5.41, 5.74) is 4.13. The molecule has 0 radical (unpaired) electrons. The lowest BCUT2D eigenvalue weighted by atomic mass is 10.0. The number of rotatable bonds is 5. The first kappa shape index (κ1) is 11.8. The molecule has 1 nitrogen and oxygen atoms in total. The predicted molar refractivity (Wildman–Crippen MR) is 65.7 cm³/mol. The molecular formula is C14H19N. The van der Waals surface area contributed by atoms with Gasteiger partial charge in [-0.25, -0.2) is 0 Å². The van der Waals surface area contributed by atoms with E-state index >= 15 is 0 Å². The first-order chi connectivity index (χ1) is 7.25. The Balaban J connectivity index is 2.38. The molecule has 0 saturated carbocycles. The van der Waals surface area contributed by atoms with Crippen molar-refractivity contribution >= 4 is 0 Å². The summed E-state index contributed by atoms with van der Waals surface area (Å²) in [6.07, 6.45) is 7.11. The number of nitrogens with one attached hydrogen (secondary N) is 1. The lowest BCUT2D eigenvalue weighted by Gasteiger charge is -2.09. The zero-order valence-electron chi connectivity index (χ0n) is 9.64. The Morgan fingerprint density at radius 1 is 1.33 bits per heavy atom. The lowest BCUT2D eigenvalue weighted by Crippen LogP contribution is -2.15. The summed E-state index contributed by atoms with van der Waals surface area (Å²) in [6, 6.07) is 6.44. The van der Waals surface area contributed by atoms with E-state index in [-0.39, 0.29) is 0 Å². The van der Waals surface area contributed by atoms with Crippen molar-refractivity contribution in [3.05, 3.63) is 34.9 Å². The predicted octanol–water partition coefficient (Wildman–Crippen LogP) is 2.81. The third-order valence-electron chi connectivity index (χ3n) is 2.71. The smallest absolute Gasteiger partial charge is 0.0208 e. The summed E-state index contributed by atoms with van der Waals surface area (Å²) in [4.78, 5) is 0. The van der Waals surface area contributed by atoms with Crippen LogP contribution in [0.3, 0.4) is 0 Å². The summed E-state index contributed by atoms with van der Waals surface area (Å²) in [5, 5.41) is 3.41. The van der Waals surface area contributed by atoms with Gasteiger partial charge in [0.25, 0.3) is 0 Å². The summed E-state index contributed by atoms with van der Waals surface area (Å²) in [6.45, 7) is 6.26. The fourth-order valence-electron chi connectivity index (χ4n) is 1.54. The minimum absolute atomic E-state index is 0.861. The number of hydrogen-bond acceptors (Lipinski definition) is 1. The van der Waals surface area contributed by atoms with Gasteiger partial charge in [0.15, 0.2) is 0 Å². The monoisotopic (exact) mass is 201 g/mol. The van der Waals surface area contributed by atoms with Crippen molar-refractivity contribution in [2.24, 2.45) is 0 Å². The minimum atomic E-state index is 0.861. The molecule has 0 fully saturated rings. The van der Waals surface area contributed by atoms with Gasteiger partial charge in [-0.05, 0) is 43.5 Å². The Kier molecular flexibility index (Phi) is 4.93.